The van der Waals surface area contributed by atoms with Crippen molar-refractivity contribution >= 4 is 38.1 Å². The second-order valence-corrected chi connectivity index (χ2v) is 12.9. The molecule has 6 rings (SSSR count). The van der Waals surface area contributed by atoms with Crippen LogP contribution in [0, 0.1) is 0 Å². The Labute approximate surface area is 227 Å². The van der Waals surface area contributed by atoms with Crippen LogP contribution in [0.3, 0.4) is 0 Å². The number of benzene rings is 1. The number of thiazole rings is 1. The fourth-order valence-corrected chi connectivity index (χ4v) is 6.93. The Balaban J connectivity index is 1.41. The number of nitrogens with zero attached hydrogens (tertiary/aromatic N) is 5. The van der Waals surface area contributed by atoms with Crippen LogP contribution in [0.2, 0.25) is 0 Å². The van der Waals surface area contributed by atoms with E-state index >= 15 is 0 Å². The molecule has 0 aliphatic rings. The summed E-state index contributed by atoms with van der Waals surface area (Å²) in [4.78, 5) is 19.0. The van der Waals surface area contributed by atoms with Crippen molar-refractivity contribution in [2.24, 2.45) is 0 Å². The molecule has 0 saturated carbocycles. The molecule has 5 nitrogen and oxygen atoms in total. The smallest absolute Gasteiger partial charge is 0.189 e. The van der Waals surface area contributed by atoms with E-state index in [1.165, 1.54) is 38.7 Å². The molecule has 6 heteroatoms. The molecule has 0 bridgehead atoms. The second kappa shape index (κ2) is 8.98. The summed E-state index contributed by atoms with van der Waals surface area (Å²) in [6.45, 7) is 13.8. The van der Waals surface area contributed by atoms with E-state index in [2.05, 4.69) is 110 Å². The summed E-state index contributed by atoms with van der Waals surface area (Å²) >= 11 is 1.65. The minimum Gasteiger partial charge on any atom is -0.320 e. The minimum absolute atomic E-state index is 0.103. The van der Waals surface area contributed by atoms with Crippen molar-refractivity contribution in [1.29, 1.82) is 0 Å². The van der Waals surface area contributed by atoms with Crippen molar-refractivity contribution in [1.82, 2.24) is 24.3 Å². The van der Waals surface area contributed by atoms with Crippen LogP contribution in [0.5, 0.6) is 0 Å². The monoisotopic (exact) mass is 519 g/mol. The van der Waals surface area contributed by atoms with Crippen molar-refractivity contribution in [3.8, 4) is 11.1 Å². The molecule has 0 amide bonds. The largest absolute Gasteiger partial charge is 0.320 e. The molecule has 5 aromatic heterocycles. The maximum atomic E-state index is 4.85. The molecule has 6 aromatic rings. The molecule has 0 fully saturated rings. The fourth-order valence-electron chi connectivity index (χ4n) is 5.97. The Bertz CT molecular complexity index is 1760. The van der Waals surface area contributed by atoms with Gasteiger partial charge in [0, 0.05) is 64.0 Å². The molecule has 5 heterocycles. The van der Waals surface area contributed by atoms with Gasteiger partial charge >= 0.3 is 0 Å². The number of pyridine rings is 2. The van der Waals surface area contributed by atoms with E-state index < -0.39 is 0 Å². The average molecular weight is 520 g/mol. The van der Waals surface area contributed by atoms with Crippen LogP contribution in [0.4, 0.5) is 0 Å². The lowest BCUT2D eigenvalue weighted by atomic mass is 9.73. The van der Waals surface area contributed by atoms with Gasteiger partial charge in [0.1, 0.15) is 5.01 Å². The highest BCUT2D eigenvalue weighted by atomic mass is 32.1. The van der Waals surface area contributed by atoms with Crippen LogP contribution in [0.1, 0.15) is 70.1 Å². The lowest BCUT2D eigenvalue weighted by Crippen LogP contribution is -2.31. The summed E-state index contributed by atoms with van der Waals surface area (Å²) in [5.74, 6) is 0.432. The first-order valence-corrected chi connectivity index (χ1v) is 14.0. The summed E-state index contributed by atoms with van der Waals surface area (Å²) < 4.78 is 2.37. The molecule has 192 valence electrons. The summed E-state index contributed by atoms with van der Waals surface area (Å²) in [6.07, 6.45) is 10.5. The fraction of sp³-hybridized carbons (Fsp3) is 0.312. The number of hydrogen-bond acceptors (Lipinski definition) is 5. The topological polar surface area (TPSA) is 56.0 Å². The van der Waals surface area contributed by atoms with Gasteiger partial charge in [0.05, 0.1) is 0 Å². The van der Waals surface area contributed by atoms with Gasteiger partial charge in [-0.1, -0.05) is 65.0 Å². The van der Waals surface area contributed by atoms with Crippen molar-refractivity contribution < 1.29 is 0 Å². The van der Waals surface area contributed by atoms with Gasteiger partial charge in [-0.3, -0.25) is 4.98 Å². The van der Waals surface area contributed by atoms with Gasteiger partial charge in [0.15, 0.2) is 10.5 Å². The zero-order valence-electron chi connectivity index (χ0n) is 22.9. The first-order valence-electron chi connectivity index (χ1n) is 13.2. The van der Waals surface area contributed by atoms with Crippen molar-refractivity contribution in [3.63, 3.8) is 0 Å². The van der Waals surface area contributed by atoms with Crippen LogP contribution in [-0.4, -0.2) is 24.3 Å². The molecule has 1 aromatic carbocycles. The van der Waals surface area contributed by atoms with Gasteiger partial charge in [-0.15, -0.1) is 0 Å². The molecule has 0 atom stereocenters. The third-order valence-electron chi connectivity index (χ3n) is 7.57. The van der Waals surface area contributed by atoms with Crippen LogP contribution < -0.4 is 0 Å². The molecule has 0 radical (unpaired) electrons. The maximum Gasteiger partial charge on any atom is 0.189 e. The lowest BCUT2D eigenvalue weighted by molar-refractivity contribution is 0.340. The van der Waals surface area contributed by atoms with Gasteiger partial charge in [-0.25, -0.2) is 15.0 Å². The Morgan fingerprint density at radius 2 is 1.71 bits per heavy atom. The minimum atomic E-state index is -0.133. The van der Waals surface area contributed by atoms with E-state index in [0.29, 0.717) is 5.92 Å². The standard InChI is InChI=1S/C32H33N5S/c1-20(2)26-16-21(14-22-17-33-11-10-25(22)26)23-15-24-8-7-9-27(37(24)18-23)31(3,4)19-32(5,6)30-36-28-29(38-30)35-13-12-34-28/h7-18,20H,19H2,1-6H3. The number of hydrogen-bond donors (Lipinski definition) is 0. The normalized spacial score (nSPS) is 12.8. The Morgan fingerprint density at radius 1 is 0.895 bits per heavy atom. The molecule has 0 saturated heterocycles. The van der Waals surface area contributed by atoms with Crippen LogP contribution in [0.15, 0.2) is 73.4 Å². The van der Waals surface area contributed by atoms with E-state index in [1.54, 1.807) is 23.7 Å². The summed E-state index contributed by atoms with van der Waals surface area (Å²) in [5.41, 5.74) is 6.81. The third kappa shape index (κ3) is 4.27. The molecule has 0 spiro atoms. The Hall–Kier alpha value is -3.64. The number of fused-ring (bicyclic) bond motifs is 3. The van der Waals surface area contributed by atoms with Crippen LogP contribution in [-0.2, 0) is 10.8 Å². The molecule has 0 unspecified atom stereocenters. The Morgan fingerprint density at radius 3 is 2.50 bits per heavy atom. The zero-order valence-corrected chi connectivity index (χ0v) is 23.7. The molecule has 0 aliphatic carbocycles. The highest BCUT2D eigenvalue weighted by Gasteiger charge is 2.35. The first kappa shape index (κ1) is 24.7. The Kier molecular flexibility index (Phi) is 5.84. The summed E-state index contributed by atoms with van der Waals surface area (Å²) in [7, 11) is 0. The van der Waals surface area contributed by atoms with Crippen molar-refractivity contribution in [2.75, 3.05) is 0 Å². The third-order valence-corrected chi connectivity index (χ3v) is 8.89. The van der Waals surface area contributed by atoms with E-state index in [0.717, 1.165) is 21.9 Å². The lowest BCUT2D eigenvalue weighted by Gasteiger charge is -2.34. The number of rotatable bonds is 6. The zero-order chi connectivity index (χ0) is 26.7. The second-order valence-electron chi connectivity index (χ2n) is 11.9. The van der Waals surface area contributed by atoms with Crippen molar-refractivity contribution in [2.45, 2.75) is 64.7 Å². The molecule has 0 N–H and O–H groups in total. The van der Waals surface area contributed by atoms with E-state index in [1.807, 2.05) is 12.4 Å². The first-order chi connectivity index (χ1) is 18.1. The van der Waals surface area contributed by atoms with Gasteiger partial charge in [0.25, 0.3) is 0 Å². The molecular formula is C32H33N5S. The SMILES string of the molecule is CC(C)c1cc(-c2cc3cccc(C(C)(C)CC(C)(C)c4nc5nccnc5s4)n3c2)cc2cnccc12. The van der Waals surface area contributed by atoms with Gasteiger partial charge < -0.3 is 4.40 Å². The summed E-state index contributed by atoms with van der Waals surface area (Å²) in [6, 6.07) is 15.7. The molecule has 0 aliphatic heterocycles. The van der Waals surface area contributed by atoms with Gasteiger partial charge in [-0.2, -0.15) is 0 Å². The average Bonchev–Trinajstić information content (AvgIpc) is 3.52. The van der Waals surface area contributed by atoms with E-state index in [-0.39, 0.29) is 10.8 Å². The molecule has 38 heavy (non-hydrogen) atoms. The quantitative estimate of drug-likeness (QED) is 0.222. The predicted octanol–water partition coefficient (Wildman–Crippen LogP) is 8.32. The van der Waals surface area contributed by atoms with Crippen molar-refractivity contribution in [3.05, 3.63) is 89.7 Å². The van der Waals surface area contributed by atoms with Gasteiger partial charge in [-0.05, 0) is 59.2 Å². The summed E-state index contributed by atoms with van der Waals surface area (Å²) in [5, 5.41) is 3.55. The number of aromatic nitrogens is 5. The predicted molar refractivity (Wildman–Crippen MR) is 158 cm³/mol. The van der Waals surface area contributed by atoms with Gasteiger partial charge in [0.2, 0.25) is 0 Å². The highest BCUT2D eigenvalue weighted by Crippen LogP contribution is 2.42. The van der Waals surface area contributed by atoms with Crippen LogP contribution >= 0.6 is 11.3 Å². The highest BCUT2D eigenvalue weighted by molar-refractivity contribution is 7.18. The van der Waals surface area contributed by atoms with E-state index in [4.69, 9.17) is 4.98 Å². The maximum absolute atomic E-state index is 4.85. The molecular weight excluding hydrogens is 486 g/mol. The van der Waals surface area contributed by atoms with E-state index in [9.17, 15) is 0 Å². The van der Waals surface area contributed by atoms with Crippen LogP contribution in [0.25, 0.3) is 37.9 Å².